The highest BCUT2D eigenvalue weighted by atomic mass is 14.5. The quantitative estimate of drug-likeness (QED) is 0.823. The summed E-state index contributed by atoms with van der Waals surface area (Å²) in [6.07, 6.45) is 2.30. The summed E-state index contributed by atoms with van der Waals surface area (Å²) in [5.41, 5.74) is 11.5. The third-order valence-corrected chi connectivity index (χ3v) is 3.79. The van der Waals surface area contributed by atoms with E-state index in [2.05, 4.69) is 46.8 Å². The lowest BCUT2D eigenvalue weighted by molar-refractivity contribution is 0.361. The molecule has 0 aromatic heterocycles. The Hall–Kier alpha value is -0.820. The van der Waals surface area contributed by atoms with Crippen LogP contribution in [0.15, 0.2) is 12.1 Å². The highest BCUT2D eigenvalue weighted by Gasteiger charge is 2.15. The molecule has 1 rings (SSSR count). The summed E-state index contributed by atoms with van der Waals surface area (Å²) >= 11 is 0. The molecule has 96 valence electrons. The zero-order chi connectivity index (χ0) is 13.0. The van der Waals surface area contributed by atoms with E-state index in [1.807, 2.05) is 0 Å². The van der Waals surface area contributed by atoms with Crippen LogP contribution in [0.4, 0.5) is 0 Å². The number of rotatable bonds is 5. The highest BCUT2D eigenvalue weighted by molar-refractivity contribution is 5.37. The lowest BCUT2D eigenvalue weighted by Crippen LogP contribution is -2.17. The third kappa shape index (κ3) is 3.85. The first-order valence-electron chi connectivity index (χ1n) is 6.72. The fraction of sp³-hybridized carbons (Fsp3) is 0.625. The third-order valence-electron chi connectivity index (χ3n) is 3.79. The van der Waals surface area contributed by atoms with Crippen molar-refractivity contribution in [2.75, 3.05) is 6.54 Å². The molecular formula is C16H27N. The maximum absolute atomic E-state index is 5.72. The molecule has 0 bridgehead atoms. The molecule has 1 aromatic rings. The van der Waals surface area contributed by atoms with Gasteiger partial charge in [-0.25, -0.2) is 0 Å². The first-order valence-corrected chi connectivity index (χ1v) is 6.72. The fourth-order valence-corrected chi connectivity index (χ4v) is 2.68. The predicted molar refractivity (Wildman–Crippen MR) is 76.4 cm³/mol. The van der Waals surface area contributed by atoms with Crippen molar-refractivity contribution >= 4 is 0 Å². The smallest absolute Gasteiger partial charge is 0.00744 e. The lowest BCUT2D eigenvalue weighted by atomic mass is 9.83. The second kappa shape index (κ2) is 6.20. The van der Waals surface area contributed by atoms with Gasteiger partial charge in [0.2, 0.25) is 0 Å². The Bertz CT molecular complexity index is 343. The van der Waals surface area contributed by atoms with Crippen LogP contribution in [0.1, 0.15) is 42.5 Å². The molecule has 0 heterocycles. The van der Waals surface area contributed by atoms with Gasteiger partial charge in [0.15, 0.2) is 0 Å². The van der Waals surface area contributed by atoms with Crippen molar-refractivity contribution in [2.45, 2.75) is 47.5 Å². The molecule has 0 saturated heterocycles. The number of hydrogen-bond donors (Lipinski definition) is 1. The van der Waals surface area contributed by atoms with E-state index in [-0.39, 0.29) is 0 Å². The number of hydrogen-bond acceptors (Lipinski definition) is 1. The molecule has 0 radical (unpaired) electrons. The van der Waals surface area contributed by atoms with Gasteiger partial charge >= 0.3 is 0 Å². The monoisotopic (exact) mass is 233 g/mol. The van der Waals surface area contributed by atoms with E-state index in [4.69, 9.17) is 5.73 Å². The van der Waals surface area contributed by atoms with Gasteiger partial charge in [0.25, 0.3) is 0 Å². The molecule has 1 aromatic carbocycles. The summed E-state index contributed by atoms with van der Waals surface area (Å²) < 4.78 is 0. The van der Waals surface area contributed by atoms with E-state index in [1.165, 1.54) is 28.7 Å². The molecule has 0 aliphatic carbocycles. The van der Waals surface area contributed by atoms with Crippen molar-refractivity contribution in [3.05, 3.63) is 34.4 Å². The average Bonchev–Trinajstić information content (AvgIpc) is 2.21. The maximum Gasteiger partial charge on any atom is -0.00744 e. The number of nitrogens with two attached hydrogens (primary N) is 1. The van der Waals surface area contributed by atoms with Crippen LogP contribution in [0.2, 0.25) is 0 Å². The first-order chi connectivity index (χ1) is 7.95. The normalized spacial score (nSPS) is 13.1. The van der Waals surface area contributed by atoms with Crippen LogP contribution < -0.4 is 5.73 Å². The van der Waals surface area contributed by atoms with E-state index >= 15 is 0 Å². The van der Waals surface area contributed by atoms with Crippen LogP contribution in [0.25, 0.3) is 0 Å². The van der Waals surface area contributed by atoms with Crippen molar-refractivity contribution in [3.8, 4) is 0 Å². The Labute approximate surface area is 106 Å². The second-order valence-electron chi connectivity index (χ2n) is 5.66. The summed E-state index contributed by atoms with van der Waals surface area (Å²) in [6, 6.07) is 4.59. The molecule has 0 saturated carbocycles. The van der Waals surface area contributed by atoms with Gasteiger partial charge in [-0.3, -0.25) is 0 Å². The fourth-order valence-electron chi connectivity index (χ4n) is 2.68. The van der Waals surface area contributed by atoms with E-state index in [0.717, 1.165) is 13.0 Å². The molecule has 1 unspecified atom stereocenters. The topological polar surface area (TPSA) is 26.0 Å². The van der Waals surface area contributed by atoms with Crippen molar-refractivity contribution in [1.82, 2.24) is 0 Å². The van der Waals surface area contributed by atoms with Gasteiger partial charge in [0.05, 0.1) is 0 Å². The lowest BCUT2D eigenvalue weighted by Gasteiger charge is -2.22. The van der Waals surface area contributed by atoms with Crippen molar-refractivity contribution in [1.29, 1.82) is 0 Å². The van der Waals surface area contributed by atoms with Crippen LogP contribution >= 0.6 is 0 Å². The summed E-state index contributed by atoms with van der Waals surface area (Å²) in [4.78, 5) is 0. The SMILES string of the molecule is Cc1cc(C)c(CC(CCN)C(C)C)c(C)c1. The Morgan fingerprint density at radius 1 is 1.06 bits per heavy atom. The Balaban J connectivity index is 2.93. The molecule has 1 atom stereocenters. The standard InChI is InChI=1S/C16H27N/c1-11(2)15(6-7-17)10-16-13(4)8-12(3)9-14(16)5/h8-9,11,15H,6-7,10,17H2,1-5H3. The Kier molecular flexibility index (Phi) is 5.20. The molecule has 0 aliphatic heterocycles. The zero-order valence-corrected chi connectivity index (χ0v) is 12.0. The van der Waals surface area contributed by atoms with Crippen LogP contribution in [-0.2, 0) is 6.42 Å². The Morgan fingerprint density at radius 3 is 2.00 bits per heavy atom. The molecule has 0 spiro atoms. The molecule has 1 nitrogen and oxygen atoms in total. The Morgan fingerprint density at radius 2 is 1.59 bits per heavy atom. The van der Waals surface area contributed by atoms with Gasteiger partial charge in [-0.1, -0.05) is 31.5 Å². The first kappa shape index (κ1) is 14.2. The summed E-state index contributed by atoms with van der Waals surface area (Å²) in [5, 5.41) is 0. The largest absolute Gasteiger partial charge is 0.330 e. The molecular weight excluding hydrogens is 206 g/mol. The molecule has 0 amide bonds. The minimum absolute atomic E-state index is 0.707. The minimum atomic E-state index is 0.707. The van der Waals surface area contributed by atoms with E-state index < -0.39 is 0 Å². The van der Waals surface area contributed by atoms with Crippen molar-refractivity contribution < 1.29 is 0 Å². The number of aryl methyl sites for hydroxylation is 3. The highest BCUT2D eigenvalue weighted by Crippen LogP contribution is 2.25. The molecule has 0 fully saturated rings. The summed E-state index contributed by atoms with van der Waals surface area (Å²) in [6.45, 7) is 12.0. The van der Waals surface area contributed by atoms with Crippen molar-refractivity contribution in [3.63, 3.8) is 0 Å². The van der Waals surface area contributed by atoms with Crippen LogP contribution in [0, 0.1) is 32.6 Å². The molecule has 17 heavy (non-hydrogen) atoms. The summed E-state index contributed by atoms with van der Waals surface area (Å²) in [5.74, 6) is 1.42. The van der Waals surface area contributed by atoms with Gasteiger partial charge in [-0.05, 0) is 68.7 Å². The second-order valence-corrected chi connectivity index (χ2v) is 5.66. The molecule has 2 N–H and O–H groups in total. The van der Waals surface area contributed by atoms with Crippen LogP contribution in [0.3, 0.4) is 0 Å². The van der Waals surface area contributed by atoms with Crippen molar-refractivity contribution in [2.24, 2.45) is 17.6 Å². The molecule has 0 aliphatic rings. The van der Waals surface area contributed by atoms with Gasteiger partial charge in [-0.15, -0.1) is 0 Å². The average molecular weight is 233 g/mol. The number of benzene rings is 1. The van der Waals surface area contributed by atoms with E-state index in [1.54, 1.807) is 0 Å². The van der Waals surface area contributed by atoms with Gasteiger partial charge < -0.3 is 5.73 Å². The maximum atomic E-state index is 5.72. The van der Waals surface area contributed by atoms with Crippen LogP contribution in [0.5, 0.6) is 0 Å². The zero-order valence-electron chi connectivity index (χ0n) is 12.0. The van der Waals surface area contributed by atoms with Crippen LogP contribution in [-0.4, -0.2) is 6.54 Å². The van der Waals surface area contributed by atoms with Gasteiger partial charge in [0, 0.05) is 0 Å². The predicted octanol–water partition coefficient (Wildman–Crippen LogP) is 3.78. The van der Waals surface area contributed by atoms with Gasteiger partial charge in [-0.2, -0.15) is 0 Å². The summed E-state index contributed by atoms with van der Waals surface area (Å²) in [7, 11) is 0. The van der Waals surface area contributed by atoms with E-state index in [9.17, 15) is 0 Å². The minimum Gasteiger partial charge on any atom is -0.330 e. The van der Waals surface area contributed by atoms with Gasteiger partial charge in [0.1, 0.15) is 0 Å². The molecule has 1 heteroatoms. The van der Waals surface area contributed by atoms with E-state index in [0.29, 0.717) is 11.8 Å².